The van der Waals surface area contributed by atoms with Gasteiger partial charge in [-0.05, 0) is 159 Å². The van der Waals surface area contributed by atoms with Gasteiger partial charge in [-0.1, -0.05) is 156 Å². The molecule has 0 bridgehead atoms. The Morgan fingerprint density at radius 1 is 0.492 bits per heavy atom. The molecule has 0 aromatic rings. The smallest absolute Gasteiger partial charge is 0.0644 e. The second-order valence-corrected chi connectivity index (χ2v) is 16.5. The van der Waals surface area contributed by atoms with Crippen molar-refractivity contribution < 1.29 is 9.47 Å². The number of ether oxygens (including phenoxy) is 2. The molecule has 0 aromatic carbocycles. The summed E-state index contributed by atoms with van der Waals surface area (Å²) in [6, 6.07) is 0. The van der Waals surface area contributed by atoms with Crippen molar-refractivity contribution in [2.75, 3.05) is 26.4 Å². The summed E-state index contributed by atoms with van der Waals surface area (Å²) < 4.78 is 12.0. The Morgan fingerprint density at radius 3 is 1.57 bits per heavy atom. The van der Waals surface area contributed by atoms with E-state index in [2.05, 4.69) is 171 Å². The van der Waals surface area contributed by atoms with Crippen LogP contribution in [0.1, 0.15) is 164 Å². The molecule has 0 spiro atoms. The second kappa shape index (κ2) is 42.1. The van der Waals surface area contributed by atoms with Gasteiger partial charge < -0.3 is 9.47 Å². The SMILES string of the molecule is C=CCCCC(C/C=C/CC)C(C(C/C=C/CC)CCC=C)C(/C(=C/CCOCC=C)CC/C=C/CCOCCC=C)(C(/C=C/C)C/C=C/CC)C(/C=C/CC)C/C=C/CC. The van der Waals surface area contributed by atoms with Gasteiger partial charge >= 0.3 is 0 Å². The van der Waals surface area contributed by atoms with Gasteiger partial charge in [0, 0.05) is 5.41 Å². The van der Waals surface area contributed by atoms with Crippen LogP contribution in [-0.2, 0) is 9.47 Å². The van der Waals surface area contributed by atoms with E-state index < -0.39 is 0 Å². The summed E-state index contributed by atoms with van der Waals surface area (Å²) in [6.07, 6.45) is 65.0. The van der Waals surface area contributed by atoms with E-state index in [9.17, 15) is 0 Å². The first-order chi connectivity index (χ1) is 30.0. The summed E-state index contributed by atoms with van der Waals surface area (Å²) in [5.74, 6) is 1.90. The van der Waals surface area contributed by atoms with E-state index in [4.69, 9.17) is 9.47 Å². The lowest BCUT2D eigenvalue weighted by Crippen LogP contribution is -2.51. The van der Waals surface area contributed by atoms with E-state index in [1.165, 1.54) is 6.42 Å². The molecular weight excluding hydrogens is 741 g/mol. The predicted octanol–water partition coefficient (Wildman–Crippen LogP) is 18.2. The zero-order valence-corrected chi connectivity index (χ0v) is 40.8. The van der Waals surface area contributed by atoms with Crippen LogP contribution >= 0.6 is 0 Å². The van der Waals surface area contributed by atoms with Crippen LogP contribution in [0, 0.1) is 35.0 Å². The van der Waals surface area contributed by atoms with E-state index in [0.29, 0.717) is 31.0 Å². The van der Waals surface area contributed by atoms with Gasteiger partial charge in [-0.25, -0.2) is 0 Å². The number of allylic oxidation sites excluding steroid dienone is 16. The first-order valence-electron chi connectivity index (χ1n) is 24.8. The fourth-order valence-electron chi connectivity index (χ4n) is 9.33. The molecule has 0 aliphatic rings. The summed E-state index contributed by atoms with van der Waals surface area (Å²) in [4.78, 5) is 0. The molecule has 0 saturated heterocycles. The van der Waals surface area contributed by atoms with Crippen molar-refractivity contribution in [1.82, 2.24) is 0 Å². The van der Waals surface area contributed by atoms with Gasteiger partial charge in [-0.3, -0.25) is 0 Å². The Bertz CT molecular complexity index is 1320. The molecule has 61 heavy (non-hydrogen) atoms. The fourth-order valence-corrected chi connectivity index (χ4v) is 9.33. The van der Waals surface area contributed by atoms with Gasteiger partial charge in [0.15, 0.2) is 0 Å². The lowest BCUT2D eigenvalue weighted by atomic mass is 9.47. The number of unbranched alkanes of at least 4 members (excludes halogenated alkanes) is 1. The maximum Gasteiger partial charge on any atom is 0.0644 e. The van der Waals surface area contributed by atoms with Crippen molar-refractivity contribution >= 4 is 0 Å². The van der Waals surface area contributed by atoms with Gasteiger partial charge in [0.05, 0.1) is 26.4 Å². The van der Waals surface area contributed by atoms with Gasteiger partial charge in [-0.15, -0.1) is 26.3 Å². The van der Waals surface area contributed by atoms with Crippen LogP contribution in [0.4, 0.5) is 0 Å². The molecule has 0 rings (SSSR count). The first-order valence-corrected chi connectivity index (χ1v) is 24.8. The first kappa shape index (κ1) is 57.8. The Labute approximate surface area is 380 Å². The molecule has 0 saturated carbocycles. The lowest BCUT2D eigenvalue weighted by Gasteiger charge is -2.57. The maximum atomic E-state index is 6.16. The molecule has 0 fully saturated rings. The van der Waals surface area contributed by atoms with Gasteiger partial charge in [0.1, 0.15) is 0 Å². The molecule has 0 radical (unpaired) electrons. The molecule has 0 aliphatic carbocycles. The average molecular weight is 837 g/mol. The second-order valence-electron chi connectivity index (χ2n) is 16.5. The normalized spacial score (nSPS) is 16.4. The zero-order valence-electron chi connectivity index (χ0n) is 40.8. The molecule has 0 amide bonds. The van der Waals surface area contributed by atoms with Crippen molar-refractivity contribution in [2.24, 2.45) is 35.0 Å². The predicted molar refractivity (Wildman–Crippen MR) is 276 cm³/mol. The largest absolute Gasteiger partial charge is 0.381 e. The molecule has 2 nitrogen and oxygen atoms in total. The minimum atomic E-state index is -0.195. The molecule has 6 atom stereocenters. The van der Waals surface area contributed by atoms with Crippen molar-refractivity contribution in [2.45, 2.75) is 164 Å². The standard InChI is InChI=1S/C59H96O2/c1-11-21-31-41-53(40-26-16-6)58(54(42-32-22-12-2)43-33-23-13-3)59(55(39-19-9)45-34-24-14-4,56(44-27-17-7)46-35-25-15-5)57(48-38-52-60-49-20-10)47-36-29-30-37-51-61-50-28-18-8/h12,16,18-21,23-25,27,29-31,33-35,39,44,48,53-56,58H,2,6,8,10-11,13-15,17,22,26,28,32,36-38,40-43,45-47,49-52H2,1,3-5,7,9H3/b30-29+,31-21+,33-23+,34-24+,35-25+,39-19+,44-27+,57-48+. The highest BCUT2D eigenvalue weighted by molar-refractivity contribution is 5.29. The number of rotatable bonds is 42. The lowest BCUT2D eigenvalue weighted by molar-refractivity contribution is -0.00487. The molecule has 2 heteroatoms. The van der Waals surface area contributed by atoms with Crippen LogP contribution in [0.5, 0.6) is 0 Å². The van der Waals surface area contributed by atoms with E-state index in [1.807, 2.05) is 12.2 Å². The van der Waals surface area contributed by atoms with Crippen LogP contribution in [0.2, 0.25) is 0 Å². The summed E-state index contributed by atoms with van der Waals surface area (Å²) in [5.41, 5.74) is 1.42. The molecule has 6 unspecified atom stereocenters. The Hall–Kier alpha value is -3.20. The van der Waals surface area contributed by atoms with Crippen LogP contribution in [0.25, 0.3) is 0 Å². The summed E-state index contributed by atoms with van der Waals surface area (Å²) >= 11 is 0. The van der Waals surface area contributed by atoms with E-state index in [-0.39, 0.29) is 17.3 Å². The van der Waals surface area contributed by atoms with E-state index >= 15 is 0 Å². The van der Waals surface area contributed by atoms with Crippen LogP contribution in [0.15, 0.2) is 147 Å². The average Bonchev–Trinajstić information content (AvgIpc) is 3.26. The highest BCUT2D eigenvalue weighted by Crippen LogP contribution is 2.61. The third-order valence-corrected chi connectivity index (χ3v) is 11.9. The highest BCUT2D eigenvalue weighted by Gasteiger charge is 2.54. The molecule has 0 heterocycles. The number of hydrogen-bond acceptors (Lipinski definition) is 2. The molecule has 0 aliphatic heterocycles. The fraction of sp³-hybridized carbons (Fsp3) is 0.593. The minimum absolute atomic E-state index is 0.195. The quantitative estimate of drug-likeness (QED) is 0.0450. The summed E-state index contributed by atoms with van der Waals surface area (Å²) in [5, 5.41) is 0. The Kier molecular flexibility index (Phi) is 39.9. The Balaban J connectivity index is 8.99. The van der Waals surface area contributed by atoms with Crippen molar-refractivity contribution in [1.29, 1.82) is 0 Å². The van der Waals surface area contributed by atoms with E-state index in [1.54, 1.807) is 5.57 Å². The number of hydrogen-bond donors (Lipinski definition) is 0. The molecule has 0 aromatic heterocycles. The van der Waals surface area contributed by atoms with Crippen LogP contribution in [-0.4, -0.2) is 26.4 Å². The van der Waals surface area contributed by atoms with Gasteiger partial charge in [-0.2, -0.15) is 0 Å². The van der Waals surface area contributed by atoms with Crippen molar-refractivity contribution in [3.63, 3.8) is 0 Å². The monoisotopic (exact) mass is 837 g/mol. The minimum Gasteiger partial charge on any atom is -0.381 e. The molecular formula is C59H96O2. The van der Waals surface area contributed by atoms with Gasteiger partial charge in [0.2, 0.25) is 0 Å². The van der Waals surface area contributed by atoms with Crippen LogP contribution < -0.4 is 0 Å². The summed E-state index contributed by atoms with van der Waals surface area (Å²) in [7, 11) is 0. The van der Waals surface area contributed by atoms with E-state index in [0.717, 1.165) is 129 Å². The van der Waals surface area contributed by atoms with Gasteiger partial charge in [0.25, 0.3) is 0 Å². The van der Waals surface area contributed by atoms with Crippen LogP contribution in [0.3, 0.4) is 0 Å². The molecule has 344 valence electrons. The third kappa shape index (κ3) is 24.9. The maximum absolute atomic E-state index is 6.16. The highest BCUT2D eigenvalue weighted by atomic mass is 16.5. The molecule has 0 N–H and O–H groups in total. The topological polar surface area (TPSA) is 18.5 Å². The van der Waals surface area contributed by atoms with Crippen molar-refractivity contribution in [3.05, 3.63) is 147 Å². The zero-order chi connectivity index (χ0) is 45.1. The van der Waals surface area contributed by atoms with Crippen molar-refractivity contribution in [3.8, 4) is 0 Å². The third-order valence-electron chi connectivity index (χ3n) is 11.9. The Morgan fingerprint density at radius 2 is 1.02 bits per heavy atom. The summed E-state index contributed by atoms with van der Waals surface area (Å²) in [6.45, 7) is 32.7.